The number of hydrogen-bond donors (Lipinski definition) is 2. The van der Waals surface area contributed by atoms with Crippen molar-refractivity contribution in [2.75, 3.05) is 10.6 Å². The van der Waals surface area contributed by atoms with E-state index in [9.17, 15) is 4.79 Å². The van der Waals surface area contributed by atoms with E-state index >= 15 is 0 Å². The maximum atomic E-state index is 11.8. The van der Waals surface area contributed by atoms with Crippen molar-refractivity contribution in [3.63, 3.8) is 0 Å². The molecule has 0 atom stereocenters. The number of amides is 2. The van der Waals surface area contributed by atoms with E-state index in [0.29, 0.717) is 27.1 Å². The maximum absolute atomic E-state index is 11.8. The molecule has 1 aromatic heterocycles. The van der Waals surface area contributed by atoms with E-state index in [4.69, 9.17) is 28.5 Å². The van der Waals surface area contributed by atoms with Crippen LogP contribution in [0.3, 0.4) is 0 Å². The third kappa shape index (κ3) is 3.60. The Bertz CT molecular complexity index is 680. The number of carbonyl (C=O) groups excluding carboxylic acids is 1. The molecule has 0 bridgehead atoms. The van der Waals surface area contributed by atoms with E-state index in [1.54, 1.807) is 18.2 Å². The molecular weight excluding hydrogens is 299 g/mol. The van der Waals surface area contributed by atoms with Gasteiger partial charge in [0.05, 0.1) is 16.3 Å². The highest BCUT2D eigenvalue weighted by atomic mass is 35.5. The predicted molar refractivity (Wildman–Crippen MR) is 78.1 cm³/mol. The highest BCUT2D eigenvalue weighted by molar-refractivity contribution is 6.35. The zero-order valence-electron chi connectivity index (χ0n) is 10.0. The minimum absolute atomic E-state index is 0.319. The number of urea groups is 1. The third-order valence-electron chi connectivity index (χ3n) is 2.31. The van der Waals surface area contributed by atoms with Crippen LogP contribution in [0.4, 0.5) is 16.3 Å². The van der Waals surface area contributed by atoms with E-state index in [-0.39, 0.29) is 0 Å². The molecule has 0 radical (unpaired) electrons. The van der Waals surface area contributed by atoms with Crippen molar-refractivity contribution in [2.45, 2.75) is 0 Å². The quantitative estimate of drug-likeness (QED) is 0.883. The van der Waals surface area contributed by atoms with Crippen LogP contribution in [0.1, 0.15) is 5.56 Å². The largest absolute Gasteiger partial charge is 0.324 e. The number of carbonyl (C=O) groups is 1. The summed E-state index contributed by atoms with van der Waals surface area (Å²) in [5.41, 5.74) is 0.805. The summed E-state index contributed by atoms with van der Waals surface area (Å²) in [6.45, 7) is 0. The summed E-state index contributed by atoms with van der Waals surface area (Å²) in [6, 6.07) is 9.25. The Morgan fingerprint density at radius 2 is 2.00 bits per heavy atom. The van der Waals surface area contributed by atoms with Gasteiger partial charge in [0.1, 0.15) is 11.9 Å². The van der Waals surface area contributed by atoms with E-state index in [0.717, 1.165) is 0 Å². The van der Waals surface area contributed by atoms with Gasteiger partial charge >= 0.3 is 6.03 Å². The molecule has 2 rings (SSSR count). The first-order valence-corrected chi connectivity index (χ1v) is 6.23. The van der Waals surface area contributed by atoms with Gasteiger partial charge in [0.2, 0.25) is 0 Å². The second kappa shape index (κ2) is 6.24. The van der Waals surface area contributed by atoms with E-state index in [1.807, 2.05) is 6.07 Å². The van der Waals surface area contributed by atoms with Crippen molar-refractivity contribution in [1.29, 1.82) is 5.26 Å². The minimum Gasteiger partial charge on any atom is -0.306 e. The molecule has 0 fully saturated rings. The second-order valence-electron chi connectivity index (χ2n) is 3.75. The number of anilines is 2. The van der Waals surface area contributed by atoms with Crippen LogP contribution in [0.25, 0.3) is 0 Å². The summed E-state index contributed by atoms with van der Waals surface area (Å²) in [6.07, 6.45) is 1.36. The molecule has 7 heteroatoms. The molecule has 20 heavy (non-hydrogen) atoms. The topological polar surface area (TPSA) is 77.8 Å². The standard InChI is InChI=1S/C13H8Cl2N4O/c14-9-2-3-10(15)11(5-9)18-13(20)19-12-4-1-8(6-16)7-17-12/h1-5,7H,(H2,17,18,19,20). The first kappa shape index (κ1) is 14.1. The van der Waals surface area contributed by atoms with Crippen molar-refractivity contribution in [3.05, 3.63) is 52.1 Å². The number of rotatable bonds is 2. The van der Waals surface area contributed by atoms with Gasteiger partial charge in [0.25, 0.3) is 0 Å². The average molecular weight is 307 g/mol. The first-order valence-electron chi connectivity index (χ1n) is 5.47. The van der Waals surface area contributed by atoms with Gasteiger partial charge in [0, 0.05) is 11.2 Å². The smallest absolute Gasteiger partial charge is 0.306 e. The van der Waals surface area contributed by atoms with Gasteiger partial charge in [0.15, 0.2) is 0 Å². The number of nitriles is 1. The van der Waals surface area contributed by atoms with Gasteiger partial charge in [-0.25, -0.2) is 9.78 Å². The second-order valence-corrected chi connectivity index (χ2v) is 4.59. The summed E-state index contributed by atoms with van der Waals surface area (Å²) in [5, 5.41) is 14.5. The van der Waals surface area contributed by atoms with Gasteiger partial charge < -0.3 is 5.32 Å². The van der Waals surface area contributed by atoms with E-state index < -0.39 is 6.03 Å². The Morgan fingerprint density at radius 3 is 2.65 bits per heavy atom. The van der Waals surface area contributed by atoms with Crippen LogP contribution in [0.2, 0.25) is 10.0 Å². The molecule has 0 aliphatic carbocycles. The fourth-order valence-corrected chi connectivity index (χ4v) is 1.73. The Balaban J connectivity index is 2.05. The summed E-state index contributed by atoms with van der Waals surface area (Å²) >= 11 is 11.8. The van der Waals surface area contributed by atoms with Crippen molar-refractivity contribution in [3.8, 4) is 6.07 Å². The normalized spacial score (nSPS) is 9.65. The van der Waals surface area contributed by atoms with Gasteiger partial charge in [-0.15, -0.1) is 0 Å². The Morgan fingerprint density at radius 1 is 1.20 bits per heavy atom. The maximum Gasteiger partial charge on any atom is 0.324 e. The molecule has 1 heterocycles. The van der Waals surface area contributed by atoms with Crippen LogP contribution in [0.5, 0.6) is 0 Å². The lowest BCUT2D eigenvalue weighted by Crippen LogP contribution is -2.20. The van der Waals surface area contributed by atoms with Crippen molar-refractivity contribution in [1.82, 2.24) is 4.98 Å². The number of aromatic nitrogens is 1. The SMILES string of the molecule is N#Cc1ccc(NC(=O)Nc2cc(Cl)ccc2Cl)nc1. The first-order chi connectivity index (χ1) is 9.58. The summed E-state index contributed by atoms with van der Waals surface area (Å²) in [7, 11) is 0. The number of nitrogens with zero attached hydrogens (tertiary/aromatic N) is 2. The molecule has 0 unspecified atom stereocenters. The van der Waals surface area contributed by atoms with Crippen LogP contribution in [0, 0.1) is 11.3 Å². The molecule has 2 amide bonds. The van der Waals surface area contributed by atoms with Gasteiger partial charge in [-0.1, -0.05) is 23.2 Å². The molecule has 1 aromatic carbocycles. The van der Waals surface area contributed by atoms with Crippen LogP contribution in [-0.4, -0.2) is 11.0 Å². The van der Waals surface area contributed by atoms with Crippen molar-refractivity contribution >= 4 is 40.7 Å². The third-order valence-corrected chi connectivity index (χ3v) is 2.88. The molecule has 100 valence electrons. The highest BCUT2D eigenvalue weighted by Gasteiger charge is 2.07. The minimum atomic E-state index is -0.508. The summed E-state index contributed by atoms with van der Waals surface area (Å²) in [4.78, 5) is 15.7. The summed E-state index contributed by atoms with van der Waals surface area (Å²) in [5.74, 6) is 0.319. The zero-order chi connectivity index (χ0) is 14.5. The molecule has 0 saturated carbocycles. The van der Waals surface area contributed by atoms with Gasteiger partial charge in [-0.3, -0.25) is 5.32 Å². The van der Waals surface area contributed by atoms with Crippen molar-refractivity contribution in [2.24, 2.45) is 0 Å². The predicted octanol–water partition coefficient (Wildman–Crippen LogP) is 3.90. The van der Waals surface area contributed by atoms with Gasteiger partial charge in [-0.05, 0) is 30.3 Å². The van der Waals surface area contributed by atoms with Crippen LogP contribution in [0.15, 0.2) is 36.5 Å². The number of pyridine rings is 1. The fraction of sp³-hybridized carbons (Fsp3) is 0. The summed E-state index contributed by atoms with van der Waals surface area (Å²) < 4.78 is 0. The molecule has 2 N–H and O–H groups in total. The number of nitrogens with one attached hydrogen (secondary N) is 2. The average Bonchev–Trinajstić information content (AvgIpc) is 2.43. The van der Waals surface area contributed by atoms with Crippen LogP contribution < -0.4 is 10.6 Å². The lowest BCUT2D eigenvalue weighted by atomic mass is 10.3. The Hall–Kier alpha value is -2.29. The monoisotopic (exact) mass is 306 g/mol. The highest BCUT2D eigenvalue weighted by Crippen LogP contribution is 2.25. The Labute approximate surface area is 125 Å². The van der Waals surface area contributed by atoms with Crippen LogP contribution in [-0.2, 0) is 0 Å². The molecule has 0 aliphatic heterocycles. The molecule has 2 aromatic rings. The van der Waals surface area contributed by atoms with E-state index in [2.05, 4.69) is 15.6 Å². The molecular formula is C13H8Cl2N4O. The number of halogens is 2. The number of benzene rings is 1. The molecule has 0 spiro atoms. The molecule has 0 saturated heterocycles. The zero-order valence-corrected chi connectivity index (χ0v) is 11.5. The lowest BCUT2D eigenvalue weighted by molar-refractivity contribution is 0.262. The Kier molecular flexibility index (Phi) is 4.41. The van der Waals surface area contributed by atoms with Crippen LogP contribution >= 0.6 is 23.2 Å². The fourth-order valence-electron chi connectivity index (χ4n) is 1.40. The lowest BCUT2D eigenvalue weighted by Gasteiger charge is -2.08. The van der Waals surface area contributed by atoms with Crippen molar-refractivity contribution < 1.29 is 4.79 Å². The van der Waals surface area contributed by atoms with Gasteiger partial charge in [-0.2, -0.15) is 5.26 Å². The molecule has 5 nitrogen and oxygen atoms in total. The van der Waals surface area contributed by atoms with E-state index in [1.165, 1.54) is 18.3 Å². The molecule has 0 aliphatic rings. The number of hydrogen-bond acceptors (Lipinski definition) is 3.